The number of aliphatic hydroxyl groups excluding tert-OH is 1. The molecule has 2 rings (SSSR count). The minimum absolute atomic E-state index is 0.00694. The summed E-state index contributed by atoms with van der Waals surface area (Å²) in [5.74, 6) is 0.00694. The van der Waals surface area contributed by atoms with Crippen LogP contribution in [0.3, 0.4) is 0 Å². The highest BCUT2D eigenvalue weighted by Crippen LogP contribution is 2.32. The Bertz CT molecular complexity index is 397. The monoisotopic (exact) mass is 191 g/mol. The van der Waals surface area contributed by atoms with E-state index in [1.54, 1.807) is 6.92 Å². The van der Waals surface area contributed by atoms with Crippen LogP contribution in [-0.4, -0.2) is 11.0 Å². The molecule has 0 spiro atoms. The number of carbonyl (C=O) groups is 1. The number of anilines is 1. The van der Waals surface area contributed by atoms with Crippen molar-refractivity contribution in [1.82, 2.24) is 0 Å². The average Bonchev–Trinajstić information content (AvgIpc) is 2.42. The minimum atomic E-state index is -0.540. The number of carbonyl (C=O) groups excluding carboxylic acids is 1. The molecule has 14 heavy (non-hydrogen) atoms. The summed E-state index contributed by atoms with van der Waals surface area (Å²) in [5, 5.41) is 12.3. The molecule has 1 unspecified atom stereocenters. The van der Waals surface area contributed by atoms with Crippen LogP contribution in [0.2, 0.25) is 0 Å². The highest BCUT2D eigenvalue weighted by molar-refractivity contribution is 6.00. The van der Waals surface area contributed by atoms with Gasteiger partial charge in [0.1, 0.15) is 0 Å². The second-order valence-electron chi connectivity index (χ2n) is 3.79. The maximum Gasteiger partial charge on any atom is 0.228 e. The molecule has 1 amide bonds. The molecule has 0 aliphatic carbocycles. The zero-order valence-electron chi connectivity index (χ0n) is 8.29. The van der Waals surface area contributed by atoms with Crippen molar-refractivity contribution in [2.45, 2.75) is 26.4 Å². The van der Waals surface area contributed by atoms with Gasteiger partial charge in [-0.15, -0.1) is 0 Å². The molecule has 2 N–H and O–H groups in total. The molecule has 0 fully saturated rings. The molecule has 0 aromatic heterocycles. The lowest BCUT2D eigenvalue weighted by molar-refractivity contribution is -0.115. The van der Waals surface area contributed by atoms with E-state index in [1.165, 1.54) is 0 Å². The summed E-state index contributed by atoms with van der Waals surface area (Å²) in [6.45, 7) is 3.68. The van der Waals surface area contributed by atoms with Gasteiger partial charge in [0, 0.05) is 5.56 Å². The molecular weight excluding hydrogens is 178 g/mol. The van der Waals surface area contributed by atoms with Gasteiger partial charge in [-0.1, -0.05) is 17.7 Å². The third kappa shape index (κ3) is 1.40. The van der Waals surface area contributed by atoms with Crippen LogP contribution in [0.5, 0.6) is 0 Å². The number of hydrogen-bond acceptors (Lipinski definition) is 2. The number of amides is 1. The molecule has 1 aromatic rings. The van der Waals surface area contributed by atoms with Crippen molar-refractivity contribution in [3.05, 3.63) is 28.8 Å². The fraction of sp³-hybridized carbons (Fsp3) is 0.364. The highest BCUT2D eigenvalue weighted by Gasteiger charge is 2.22. The number of nitrogens with one attached hydrogen (secondary N) is 1. The number of fused-ring (bicyclic) bond motifs is 1. The zero-order chi connectivity index (χ0) is 10.3. The van der Waals surface area contributed by atoms with Gasteiger partial charge in [0.15, 0.2) is 0 Å². The van der Waals surface area contributed by atoms with E-state index in [9.17, 15) is 9.90 Å². The summed E-state index contributed by atoms with van der Waals surface area (Å²) >= 11 is 0. The first-order valence-electron chi connectivity index (χ1n) is 4.69. The molecule has 1 atom stereocenters. The normalized spacial score (nSPS) is 16.4. The van der Waals surface area contributed by atoms with Crippen LogP contribution < -0.4 is 5.32 Å². The highest BCUT2D eigenvalue weighted by atomic mass is 16.3. The Hall–Kier alpha value is -1.35. The Balaban J connectivity index is 2.57. The van der Waals surface area contributed by atoms with Crippen molar-refractivity contribution >= 4 is 11.6 Å². The minimum Gasteiger partial charge on any atom is -0.389 e. The van der Waals surface area contributed by atoms with E-state index < -0.39 is 6.10 Å². The smallest absolute Gasteiger partial charge is 0.228 e. The van der Waals surface area contributed by atoms with Crippen LogP contribution in [0, 0.1) is 6.92 Å². The summed E-state index contributed by atoms with van der Waals surface area (Å²) < 4.78 is 0. The lowest BCUT2D eigenvalue weighted by Gasteiger charge is -2.11. The van der Waals surface area contributed by atoms with E-state index in [-0.39, 0.29) is 5.91 Å². The van der Waals surface area contributed by atoms with Gasteiger partial charge >= 0.3 is 0 Å². The standard InChI is InChI=1S/C11H13NO2/c1-6-3-8-5-10(14)12-11(8)9(4-6)7(2)13/h3-4,7,13H,5H2,1-2H3,(H,12,14). The molecule has 1 aliphatic rings. The third-order valence-electron chi connectivity index (χ3n) is 2.46. The topological polar surface area (TPSA) is 49.3 Å². The summed E-state index contributed by atoms with van der Waals surface area (Å²) in [4.78, 5) is 11.2. The second kappa shape index (κ2) is 3.10. The van der Waals surface area contributed by atoms with Gasteiger partial charge in [0.05, 0.1) is 18.2 Å². The number of aliphatic hydroxyl groups is 1. The number of rotatable bonds is 1. The van der Waals surface area contributed by atoms with Gasteiger partial charge in [0.25, 0.3) is 0 Å². The Morgan fingerprint density at radius 3 is 2.86 bits per heavy atom. The van der Waals surface area contributed by atoms with Gasteiger partial charge in [-0.05, 0) is 19.4 Å². The van der Waals surface area contributed by atoms with Gasteiger partial charge in [-0.3, -0.25) is 4.79 Å². The Morgan fingerprint density at radius 1 is 1.50 bits per heavy atom. The zero-order valence-corrected chi connectivity index (χ0v) is 8.29. The van der Waals surface area contributed by atoms with Gasteiger partial charge in [-0.2, -0.15) is 0 Å². The molecular formula is C11H13NO2. The molecule has 3 heteroatoms. The van der Waals surface area contributed by atoms with Crippen LogP contribution >= 0.6 is 0 Å². The van der Waals surface area contributed by atoms with Crippen LogP contribution in [0.4, 0.5) is 5.69 Å². The van der Waals surface area contributed by atoms with Gasteiger partial charge in [-0.25, -0.2) is 0 Å². The molecule has 0 saturated heterocycles. The summed E-state index contributed by atoms with van der Waals surface area (Å²) in [6.07, 6.45) is -0.112. The van der Waals surface area contributed by atoms with Crippen molar-refractivity contribution < 1.29 is 9.90 Å². The van der Waals surface area contributed by atoms with E-state index in [2.05, 4.69) is 5.32 Å². The van der Waals surface area contributed by atoms with Crippen molar-refractivity contribution in [1.29, 1.82) is 0 Å². The fourth-order valence-corrected chi connectivity index (χ4v) is 1.87. The predicted molar refractivity (Wildman–Crippen MR) is 54.1 cm³/mol. The van der Waals surface area contributed by atoms with Crippen LogP contribution in [0.15, 0.2) is 12.1 Å². The largest absolute Gasteiger partial charge is 0.389 e. The lowest BCUT2D eigenvalue weighted by atomic mass is 10.0. The Labute approximate surface area is 82.8 Å². The first-order chi connectivity index (χ1) is 6.58. The van der Waals surface area contributed by atoms with Gasteiger partial charge in [0.2, 0.25) is 5.91 Å². The van der Waals surface area contributed by atoms with Gasteiger partial charge < -0.3 is 10.4 Å². The molecule has 1 aromatic carbocycles. The molecule has 3 nitrogen and oxygen atoms in total. The van der Waals surface area contributed by atoms with Crippen molar-refractivity contribution in [3.63, 3.8) is 0 Å². The van der Waals surface area contributed by atoms with E-state index in [1.807, 2.05) is 19.1 Å². The van der Waals surface area contributed by atoms with Crippen molar-refractivity contribution in [3.8, 4) is 0 Å². The summed E-state index contributed by atoms with van der Waals surface area (Å²) in [6, 6.07) is 3.90. The Morgan fingerprint density at radius 2 is 2.21 bits per heavy atom. The first kappa shape index (κ1) is 9.21. The third-order valence-corrected chi connectivity index (χ3v) is 2.46. The van der Waals surface area contributed by atoms with E-state index in [4.69, 9.17) is 0 Å². The number of aryl methyl sites for hydroxylation is 1. The van der Waals surface area contributed by atoms with Crippen molar-refractivity contribution in [2.75, 3.05) is 5.32 Å². The molecule has 1 aliphatic heterocycles. The average molecular weight is 191 g/mol. The van der Waals surface area contributed by atoms with E-state index in [0.29, 0.717) is 6.42 Å². The van der Waals surface area contributed by atoms with E-state index in [0.717, 1.165) is 22.4 Å². The number of benzene rings is 1. The maximum atomic E-state index is 11.2. The van der Waals surface area contributed by atoms with Crippen LogP contribution in [0.25, 0.3) is 0 Å². The van der Waals surface area contributed by atoms with Crippen LogP contribution in [0.1, 0.15) is 29.7 Å². The molecule has 0 saturated carbocycles. The summed E-state index contributed by atoms with van der Waals surface area (Å²) in [5.41, 5.74) is 3.68. The molecule has 74 valence electrons. The lowest BCUT2D eigenvalue weighted by Crippen LogP contribution is -2.05. The Kier molecular flexibility index (Phi) is 2.04. The van der Waals surface area contributed by atoms with E-state index >= 15 is 0 Å². The molecule has 0 radical (unpaired) electrons. The number of hydrogen-bond donors (Lipinski definition) is 2. The maximum absolute atomic E-state index is 11.2. The second-order valence-corrected chi connectivity index (χ2v) is 3.79. The quantitative estimate of drug-likeness (QED) is 0.707. The summed E-state index contributed by atoms with van der Waals surface area (Å²) in [7, 11) is 0. The van der Waals surface area contributed by atoms with Crippen molar-refractivity contribution in [2.24, 2.45) is 0 Å². The van der Waals surface area contributed by atoms with Crippen LogP contribution in [-0.2, 0) is 11.2 Å². The fourth-order valence-electron chi connectivity index (χ4n) is 1.87. The first-order valence-corrected chi connectivity index (χ1v) is 4.69. The molecule has 1 heterocycles. The predicted octanol–water partition coefficient (Wildman–Crippen LogP) is 1.54. The molecule has 0 bridgehead atoms. The SMILES string of the molecule is Cc1cc2c(c(C(C)O)c1)NC(=O)C2.